The molecule has 1 amide bonds. The van der Waals surface area contributed by atoms with Gasteiger partial charge in [0.2, 0.25) is 5.91 Å². The highest BCUT2D eigenvalue weighted by molar-refractivity contribution is 6.01. The van der Waals surface area contributed by atoms with Gasteiger partial charge in [-0.15, -0.1) is 0 Å². The molecule has 0 radical (unpaired) electrons. The van der Waals surface area contributed by atoms with Gasteiger partial charge in [-0.05, 0) is 32.9 Å². The number of aliphatic carboxylic acids is 1. The van der Waals surface area contributed by atoms with Crippen LogP contribution >= 0.6 is 0 Å². The summed E-state index contributed by atoms with van der Waals surface area (Å²) in [7, 11) is 0. The highest BCUT2D eigenvalue weighted by atomic mass is 16.4. The van der Waals surface area contributed by atoms with Crippen molar-refractivity contribution in [1.29, 1.82) is 0 Å². The van der Waals surface area contributed by atoms with E-state index in [4.69, 9.17) is 5.11 Å². The lowest BCUT2D eigenvalue weighted by Crippen LogP contribution is -2.28. The van der Waals surface area contributed by atoms with Crippen LogP contribution in [0.2, 0.25) is 0 Å². The fourth-order valence-corrected chi connectivity index (χ4v) is 1.34. The predicted molar refractivity (Wildman–Crippen MR) is 66.8 cm³/mol. The molecule has 1 aromatic rings. The summed E-state index contributed by atoms with van der Waals surface area (Å²) in [6.07, 6.45) is 1.64. The molecule has 0 aliphatic heterocycles. The zero-order valence-corrected chi connectivity index (χ0v) is 10.6. The van der Waals surface area contributed by atoms with Crippen molar-refractivity contribution in [2.45, 2.75) is 26.8 Å². The SMILES string of the molecule is C/C(C(=O)O)=C(\C)C(=O)N[C@@H](C)c1ccccn1. The smallest absolute Gasteiger partial charge is 0.331 e. The van der Waals surface area contributed by atoms with Crippen molar-refractivity contribution in [1.82, 2.24) is 10.3 Å². The second-order valence-corrected chi connectivity index (χ2v) is 4.00. The van der Waals surface area contributed by atoms with E-state index in [9.17, 15) is 9.59 Å². The number of nitrogens with zero attached hydrogens (tertiary/aromatic N) is 1. The third-order valence-corrected chi connectivity index (χ3v) is 2.70. The van der Waals surface area contributed by atoms with Crippen LogP contribution in [0.4, 0.5) is 0 Å². The monoisotopic (exact) mass is 248 g/mol. The molecule has 0 aliphatic rings. The molecule has 1 rings (SSSR count). The lowest BCUT2D eigenvalue weighted by molar-refractivity contribution is -0.133. The fourth-order valence-electron chi connectivity index (χ4n) is 1.34. The van der Waals surface area contributed by atoms with E-state index in [1.165, 1.54) is 13.8 Å². The zero-order chi connectivity index (χ0) is 13.7. The normalized spacial score (nSPS) is 13.5. The van der Waals surface area contributed by atoms with Gasteiger partial charge in [0.1, 0.15) is 0 Å². The fraction of sp³-hybridized carbons (Fsp3) is 0.308. The standard InChI is InChI=1S/C13H16N2O3/c1-8(9(2)13(17)18)12(16)15-10(3)11-6-4-5-7-14-11/h4-7,10H,1-3H3,(H,15,16)(H,17,18)/b9-8-/t10-/m0/s1. The number of nitrogens with one attached hydrogen (secondary N) is 1. The average Bonchev–Trinajstić information content (AvgIpc) is 2.37. The molecule has 1 aromatic heterocycles. The molecule has 96 valence electrons. The summed E-state index contributed by atoms with van der Waals surface area (Å²) in [5.74, 6) is -1.49. The average molecular weight is 248 g/mol. The van der Waals surface area contributed by atoms with Crippen LogP contribution in [0.3, 0.4) is 0 Å². The van der Waals surface area contributed by atoms with Gasteiger partial charge in [-0.3, -0.25) is 9.78 Å². The van der Waals surface area contributed by atoms with Crippen LogP contribution < -0.4 is 5.32 Å². The van der Waals surface area contributed by atoms with E-state index in [1.807, 2.05) is 6.07 Å². The van der Waals surface area contributed by atoms with Crippen molar-refractivity contribution in [3.63, 3.8) is 0 Å². The number of aromatic nitrogens is 1. The van der Waals surface area contributed by atoms with Gasteiger partial charge in [0.25, 0.3) is 0 Å². The number of carboxylic acid groups (broad SMARTS) is 1. The molecule has 1 atom stereocenters. The molecule has 0 aliphatic carbocycles. The molecule has 1 heterocycles. The number of hydrogen-bond acceptors (Lipinski definition) is 3. The minimum Gasteiger partial charge on any atom is -0.478 e. The van der Waals surface area contributed by atoms with Crippen molar-refractivity contribution >= 4 is 11.9 Å². The van der Waals surface area contributed by atoms with Crippen LogP contribution in [0.25, 0.3) is 0 Å². The second-order valence-electron chi connectivity index (χ2n) is 4.00. The summed E-state index contributed by atoms with van der Waals surface area (Å²) in [4.78, 5) is 26.7. The van der Waals surface area contributed by atoms with Crippen molar-refractivity contribution in [2.75, 3.05) is 0 Å². The maximum absolute atomic E-state index is 11.8. The first-order chi connectivity index (χ1) is 8.43. The van der Waals surface area contributed by atoms with E-state index >= 15 is 0 Å². The third kappa shape index (κ3) is 3.41. The van der Waals surface area contributed by atoms with Gasteiger partial charge < -0.3 is 10.4 Å². The first-order valence-electron chi connectivity index (χ1n) is 5.56. The molecule has 0 fully saturated rings. The van der Waals surface area contributed by atoms with E-state index in [2.05, 4.69) is 10.3 Å². The maximum atomic E-state index is 11.8. The molecule has 5 heteroatoms. The number of pyridine rings is 1. The van der Waals surface area contributed by atoms with Crippen LogP contribution in [0, 0.1) is 0 Å². The van der Waals surface area contributed by atoms with E-state index in [0.717, 1.165) is 5.69 Å². The Hall–Kier alpha value is -2.17. The molecule has 0 aromatic carbocycles. The quantitative estimate of drug-likeness (QED) is 0.794. The number of rotatable bonds is 4. The molecule has 0 saturated carbocycles. The Balaban J connectivity index is 2.78. The summed E-state index contributed by atoms with van der Waals surface area (Å²) in [5, 5.41) is 11.5. The molecule has 0 saturated heterocycles. The van der Waals surface area contributed by atoms with E-state index in [1.54, 1.807) is 25.3 Å². The van der Waals surface area contributed by atoms with Gasteiger partial charge in [-0.25, -0.2) is 4.79 Å². The van der Waals surface area contributed by atoms with Gasteiger partial charge in [-0.1, -0.05) is 6.07 Å². The van der Waals surface area contributed by atoms with Crippen LogP contribution in [0.1, 0.15) is 32.5 Å². The number of amides is 1. The van der Waals surface area contributed by atoms with Gasteiger partial charge in [0, 0.05) is 17.3 Å². The molecule has 2 N–H and O–H groups in total. The minimum atomic E-state index is -1.09. The molecular formula is C13H16N2O3. The lowest BCUT2D eigenvalue weighted by atomic mass is 10.1. The number of carboxylic acids is 1. The first kappa shape index (κ1) is 13.9. The first-order valence-corrected chi connectivity index (χ1v) is 5.56. The summed E-state index contributed by atoms with van der Waals surface area (Å²) < 4.78 is 0. The Labute approximate surface area is 106 Å². The molecule has 5 nitrogen and oxygen atoms in total. The van der Waals surface area contributed by atoms with Gasteiger partial charge in [0.05, 0.1) is 11.7 Å². The predicted octanol–water partition coefficient (Wildman–Crippen LogP) is 1.68. The Kier molecular flexibility index (Phi) is 4.59. The highest BCUT2D eigenvalue weighted by Gasteiger charge is 2.15. The number of carbonyl (C=O) groups excluding carboxylic acids is 1. The number of hydrogen-bond donors (Lipinski definition) is 2. The lowest BCUT2D eigenvalue weighted by Gasteiger charge is -2.14. The van der Waals surface area contributed by atoms with Gasteiger partial charge in [0.15, 0.2) is 0 Å². The van der Waals surface area contributed by atoms with Crippen LogP contribution in [0.15, 0.2) is 35.5 Å². The Morgan fingerprint density at radius 3 is 2.44 bits per heavy atom. The van der Waals surface area contributed by atoms with Gasteiger partial charge >= 0.3 is 5.97 Å². The van der Waals surface area contributed by atoms with Crippen LogP contribution in [-0.4, -0.2) is 22.0 Å². The second kappa shape index (κ2) is 5.95. The summed E-state index contributed by atoms with van der Waals surface area (Å²) in [6.45, 7) is 4.69. The largest absolute Gasteiger partial charge is 0.478 e. The molecule has 0 spiro atoms. The Bertz CT molecular complexity index is 480. The molecule has 18 heavy (non-hydrogen) atoms. The van der Waals surface area contributed by atoms with Crippen LogP contribution in [0.5, 0.6) is 0 Å². The van der Waals surface area contributed by atoms with E-state index in [0.29, 0.717) is 0 Å². The summed E-state index contributed by atoms with van der Waals surface area (Å²) in [5.41, 5.74) is 0.970. The molecule has 0 unspecified atom stereocenters. The van der Waals surface area contributed by atoms with Crippen LogP contribution in [-0.2, 0) is 9.59 Å². The Morgan fingerprint density at radius 2 is 1.94 bits per heavy atom. The third-order valence-electron chi connectivity index (χ3n) is 2.70. The van der Waals surface area contributed by atoms with E-state index < -0.39 is 11.9 Å². The van der Waals surface area contributed by atoms with Gasteiger partial charge in [-0.2, -0.15) is 0 Å². The molecular weight excluding hydrogens is 232 g/mol. The summed E-state index contributed by atoms with van der Waals surface area (Å²) >= 11 is 0. The van der Waals surface area contributed by atoms with Crippen molar-refractivity contribution in [2.24, 2.45) is 0 Å². The van der Waals surface area contributed by atoms with E-state index in [-0.39, 0.29) is 17.2 Å². The highest BCUT2D eigenvalue weighted by Crippen LogP contribution is 2.10. The van der Waals surface area contributed by atoms with Crippen molar-refractivity contribution < 1.29 is 14.7 Å². The summed E-state index contributed by atoms with van der Waals surface area (Å²) in [6, 6.07) is 5.15. The van der Waals surface area contributed by atoms with Crippen molar-refractivity contribution in [3.05, 3.63) is 41.2 Å². The zero-order valence-electron chi connectivity index (χ0n) is 10.6. The Morgan fingerprint density at radius 1 is 1.28 bits per heavy atom. The maximum Gasteiger partial charge on any atom is 0.331 e. The minimum absolute atomic E-state index is 0.0423. The molecule has 0 bridgehead atoms. The van der Waals surface area contributed by atoms with Crippen molar-refractivity contribution in [3.8, 4) is 0 Å². The number of carbonyl (C=O) groups is 2. The topological polar surface area (TPSA) is 79.3 Å².